The van der Waals surface area contributed by atoms with Crippen LogP contribution >= 0.6 is 0 Å². The van der Waals surface area contributed by atoms with Crippen molar-refractivity contribution in [1.82, 2.24) is 4.31 Å². The molecule has 0 N–H and O–H groups in total. The molecule has 1 aliphatic heterocycles. The first kappa shape index (κ1) is 15.8. The summed E-state index contributed by atoms with van der Waals surface area (Å²) in [5.41, 5.74) is 0. The number of rotatable bonds is 3. The zero-order valence-electron chi connectivity index (χ0n) is 12.5. The van der Waals surface area contributed by atoms with Gasteiger partial charge in [-0.1, -0.05) is 12.8 Å². The van der Waals surface area contributed by atoms with Gasteiger partial charge in [0.1, 0.15) is 0 Å². The van der Waals surface area contributed by atoms with Crippen molar-refractivity contribution in [3.63, 3.8) is 0 Å². The summed E-state index contributed by atoms with van der Waals surface area (Å²) in [5, 5.41) is -0.599. The van der Waals surface area contributed by atoms with Crippen molar-refractivity contribution in [2.24, 2.45) is 5.92 Å². The average molecular weight is 303 g/mol. The van der Waals surface area contributed by atoms with E-state index in [9.17, 15) is 13.2 Å². The van der Waals surface area contributed by atoms with Crippen LogP contribution in [0.1, 0.15) is 52.4 Å². The second-order valence-electron chi connectivity index (χ2n) is 6.10. The largest absolute Gasteiger partial charge is 0.469 e. The maximum atomic E-state index is 13.0. The van der Waals surface area contributed by atoms with Crippen LogP contribution in [-0.4, -0.2) is 43.1 Å². The summed E-state index contributed by atoms with van der Waals surface area (Å²) in [6.07, 6.45) is 4.84. The third kappa shape index (κ3) is 2.72. The van der Waals surface area contributed by atoms with Crippen LogP contribution in [0.25, 0.3) is 0 Å². The Bertz CT molecular complexity index is 452. The number of esters is 1. The monoisotopic (exact) mass is 303 g/mol. The molecule has 4 atom stereocenters. The lowest BCUT2D eigenvalue weighted by molar-refractivity contribution is -0.145. The summed E-state index contributed by atoms with van der Waals surface area (Å²) in [5.74, 6) is -0.875. The average Bonchev–Trinajstić information content (AvgIpc) is 2.87. The summed E-state index contributed by atoms with van der Waals surface area (Å²) in [4.78, 5) is 11.8. The Hall–Kier alpha value is -0.620. The highest BCUT2D eigenvalue weighted by atomic mass is 32.2. The van der Waals surface area contributed by atoms with Gasteiger partial charge in [0.2, 0.25) is 10.0 Å². The molecule has 1 saturated carbocycles. The fourth-order valence-corrected chi connectivity index (χ4v) is 6.41. The molecule has 0 aromatic rings. The van der Waals surface area contributed by atoms with E-state index in [4.69, 9.17) is 4.74 Å². The molecule has 2 aliphatic rings. The summed E-state index contributed by atoms with van der Waals surface area (Å²) in [6.45, 7) is 3.94. The number of ether oxygens (including phenoxy) is 1. The zero-order valence-corrected chi connectivity index (χ0v) is 13.4. The lowest BCUT2D eigenvalue weighted by Gasteiger charge is -2.40. The fourth-order valence-electron chi connectivity index (χ4n) is 3.76. The molecular formula is C14H25NO4S. The summed E-state index contributed by atoms with van der Waals surface area (Å²) in [6, 6.07) is 0.0605. The van der Waals surface area contributed by atoms with E-state index in [1.807, 2.05) is 13.8 Å². The van der Waals surface area contributed by atoms with Crippen LogP contribution in [0, 0.1) is 5.92 Å². The molecule has 0 aromatic carbocycles. The van der Waals surface area contributed by atoms with Crippen molar-refractivity contribution in [2.45, 2.75) is 69.7 Å². The normalized spacial score (nSPS) is 36.0. The predicted octanol–water partition coefficient (Wildman–Crippen LogP) is 1.92. The van der Waals surface area contributed by atoms with Crippen LogP contribution in [0.3, 0.4) is 0 Å². The van der Waals surface area contributed by atoms with Gasteiger partial charge in [0, 0.05) is 12.1 Å². The lowest BCUT2D eigenvalue weighted by Crippen LogP contribution is -2.52. The molecular weight excluding hydrogens is 278 g/mol. The van der Waals surface area contributed by atoms with Crippen LogP contribution in [0.5, 0.6) is 0 Å². The SMILES string of the molecule is COC(=O)C1CCCC1S(=O)(=O)N1C(C)CCCC1C. The number of hydrogen-bond donors (Lipinski definition) is 0. The maximum Gasteiger partial charge on any atom is 0.310 e. The van der Waals surface area contributed by atoms with Gasteiger partial charge in [0.15, 0.2) is 0 Å². The molecule has 0 radical (unpaired) electrons. The molecule has 116 valence electrons. The van der Waals surface area contributed by atoms with Gasteiger partial charge in [0.05, 0.1) is 18.3 Å². The van der Waals surface area contributed by atoms with Crippen molar-refractivity contribution < 1.29 is 17.9 Å². The van der Waals surface area contributed by atoms with E-state index in [0.717, 1.165) is 25.7 Å². The van der Waals surface area contributed by atoms with Gasteiger partial charge in [-0.15, -0.1) is 0 Å². The van der Waals surface area contributed by atoms with E-state index in [1.54, 1.807) is 4.31 Å². The molecule has 5 nitrogen and oxygen atoms in total. The molecule has 1 heterocycles. The number of hydrogen-bond acceptors (Lipinski definition) is 4. The van der Waals surface area contributed by atoms with Gasteiger partial charge in [-0.3, -0.25) is 4.79 Å². The number of piperidine rings is 1. The Morgan fingerprint density at radius 2 is 1.60 bits per heavy atom. The van der Waals surface area contributed by atoms with Crippen molar-refractivity contribution >= 4 is 16.0 Å². The molecule has 1 saturated heterocycles. The number of nitrogens with zero attached hydrogens (tertiary/aromatic N) is 1. The number of carbonyl (C=O) groups is 1. The zero-order chi connectivity index (χ0) is 14.9. The topological polar surface area (TPSA) is 63.7 Å². The first-order chi connectivity index (χ1) is 9.39. The first-order valence-corrected chi connectivity index (χ1v) is 9.00. The smallest absolute Gasteiger partial charge is 0.310 e. The van der Waals surface area contributed by atoms with Gasteiger partial charge in [-0.05, 0) is 39.5 Å². The third-order valence-corrected chi connectivity index (χ3v) is 7.38. The highest BCUT2D eigenvalue weighted by Crippen LogP contribution is 2.37. The minimum atomic E-state index is -3.43. The van der Waals surface area contributed by atoms with Crippen LogP contribution < -0.4 is 0 Å². The van der Waals surface area contributed by atoms with Gasteiger partial charge in [0.25, 0.3) is 0 Å². The Morgan fingerprint density at radius 3 is 2.15 bits per heavy atom. The standard InChI is InChI=1S/C14H25NO4S/c1-10-6-4-7-11(2)15(10)20(17,18)13-9-5-8-12(13)14(16)19-3/h10-13H,4-9H2,1-3H3. The minimum absolute atomic E-state index is 0.0302. The van der Waals surface area contributed by atoms with E-state index in [2.05, 4.69) is 0 Å². The quantitative estimate of drug-likeness (QED) is 0.747. The lowest BCUT2D eigenvalue weighted by atomic mass is 10.0. The van der Waals surface area contributed by atoms with Crippen LogP contribution in [0.15, 0.2) is 0 Å². The molecule has 2 fully saturated rings. The summed E-state index contributed by atoms with van der Waals surface area (Å²) >= 11 is 0. The van der Waals surface area contributed by atoms with E-state index in [-0.39, 0.29) is 18.1 Å². The highest BCUT2D eigenvalue weighted by molar-refractivity contribution is 7.89. The molecule has 4 unspecified atom stereocenters. The van der Waals surface area contributed by atoms with Crippen LogP contribution in [0.2, 0.25) is 0 Å². The third-order valence-electron chi connectivity index (χ3n) is 4.75. The van der Waals surface area contributed by atoms with E-state index < -0.39 is 21.2 Å². The molecule has 0 bridgehead atoms. The Labute approximate surface area is 121 Å². The van der Waals surface area contributed by atoms with E-state index in [1.165, 1.54) is 7.11 Å². The molecule has 6 heteroatoms. The molecule has 0 aromatic heterocycles. The second kappa shape index (κ2) is 6.02. The predicted molar refractivity (Wildman–Crippen MR) is 76.7 cm³/mol. The van der Waals surface area contributed by atoms with Gasteiger partial charge < -0.3 is 4.74 Å². The first-order valence-electron chi connectivity index (χ1n) is 7.49. The minimum Gasteiger partial charge on any atom is -0.469 e. The fraction of sp³-hybridized carbons (Fsp3) is 0.929. The van der Waals surface area contributed by atoms with Crippen molar-refractivity contribution in [3.05, 3.63) is 0 Å². The number of methoxy groups -OCH3 is 1. The highest BCUT2D eigenvalue weighted by Gasteiger charge is 2.47. The Balaban J connectivity index is 2.26. The molecule has 0 spiro atoms. The van der Waals surface area contributed by atoms with Crippen molar-refractivity contribution in [2.75, 3.05) is 7.11 Å². The Morgan fingerprint density at radius 1 is 1.05 bits per heavy atom. The van der Waals surface area contributed by atoms with E-state index >= 15 is 0 Å². The second-order valence-corrected chi connectivity index (χ2v) is 8.16. The van der Waals surface area contributed by atoms with Crippen molar-refractivity contribution in [1.29, 1.82) is 0 Å². The van der Waals surface area contributed by atoms with Crippen LogP contribution in [-0.2, 0) is 19.6 Å². The molecule has 20 heavy (non-hydrogen) atoms. The number of carbonyl (C=O) groups excluding carboxylic acids is 1. The molecule has 1 aliphatic carbocycles. The summed E-state index contributed by atoms with van der Waals surface area (Å²) in [7, 11) is -2.10. The van der Waals surface area contributed by atoms with Gasteiger partial charge in [-0.2, -0.15) is 4.31 Å². The van der Waals surface area contributed by atoms with Crippen molar-refractivity contribution in [3.8, 4) is 0 Å². The molecule has 2 rings (SSSR count). The Kier molecular flexibility index (Phi) is 4.74. The van der Waals surface area contributed by atoms with E-state index in [0.29, 0.717) is 12.8 Å². The van der Waals surface area contributed by atoms with Gasteiger partial charge in [-0.25, -0.2) is 8.42 Å². The van der Waals surface area contributed by atoms with Crippen LogP contribution in [0.4, 0.5) is 0 Å². The number of sulfonamides is 1. The van der Waals surface area contributed by atoms with Gasteiger partial charge >= 0.3 is 5.97 Å². The maximum absolute atomic E-state index is 13.0. The molecule has 0 amide bonds. The summed E-state index contributed by atoms with van der Waals surface area (Å²) < 4.78 is 32.3.